The molecule has 1 rings (SSSR count). The summed E-state index contributed by atoms with van der Waals surface area (Å²) in [5.74, 6) is 2.41. The summed E-state index contributed by atoms with van der Waals surface area (Å²) < 4.78 is 0.585. The van der Waals surface area contributed by atoms with Crippen molar-refractivity contribution in [3.63, 3.8) is 0 Å². The smallest absolute Gasteiger partial charge is 0.0140 e. The molecule has 1 aliphatic rings. The monoisotopic (exact) mass is 162 g/mol. The Balaban J connectivity index is 2.32. The molecule has 0 bridgehead atoms. The van der Waals surface area contributed by atoms with Gasteiger partial charge in [-0.3, -0.25) is 0 Å². The zero-order valence-electron chi connectivity index (χ0n) is 5.89. The molecule has 54 valence electrons. The lowest BCUT2D eigenvalue weighted by Crippen LogP contribution is -2.15. The first-order valence-corrected chi connectivity index (χ1v) is 5.13. The van der Waals surface area contributed by atoms with Crippen LogP contribution in [0.25, 0.3) is 0 Å². The van der Waals surface area contributed by atoms with E-state index in [1.807, 2.05) is 0 Å². The molecule has 0 aliphatic carbocycles. The normalized spacial score (nSPS) is 35.3. The molecule has 1 heterocycles. The zero-order chi connectivity index (χ0) is 6.74. The molecule has 1 atom stereocenters. The summed E-state index contributed by atoms with van der Waals surface area (Å²) in [7, 11) is 0. The van der Waals surface area contributed by atoms with Crippen LogP contribution in [0.5, 0.6) is 0 Å². The van der Waals surface area contributed by atoms with Crippen molar-refractivity contribution in [3.05, 3.63) is 0 Å². The second-order valence-electron chi connectivity index (χ2n) is 2.88. The van der Waals surface area contributed by atoms with Gasteiger partial charge in [-0.25, -0.2) is 0 Å². The topological polar surface area (TPSA) is 0 Å². The van der Waals surface area contributed by atoms with Crippen LogP contribution in [0.4, 0.5) is 0 Å². The minimum absolute atomic E-state index is 0.585. The third-order valence-electron chi connectivity index (χ3n) is 1.94. The number of hydrogen-bond acceptors (Lipinski definition) is 2. The van der Waals surface area contributed by atoms with Gasteiger partial charge in [0.2, 0.25) is 0 Å². The summed E-state index contributed by atoms with van der Waals surface area (Å²) in [5.41, 5.74) is 0. The Kier molecular flexibility index (Phi) is 2.77. The SMILES string of the molecule is CC1(CCS)CCCS1. The van der Waals surface area contributed by atoms with E-state index >= 15 is 0 Å². The summed E-state index contributed by atoms with van der Waals surface area (Å²) in [5, 5.41) is 0. The van der Waals surface area contributed by atoms with E-state index < -0.39 is 0 Å². The van der Waals surface area contributed by atoms with E-state index in [-0.39, 0.29) is 0 Å². The maximum absolute atomic E-state index is 4.24. The molecule has 0 nitrogen and oxygen atoms in total. The lowest BCUT2D eigenvalue weighted by Gasteiger charge is -2.20. The maximum Gasteiger partial charge on any atom is 0.0140 e. The fourth-order valence-corrected chi connectivity index (χ4v) is 3.23. The van der Waals surface area contributed by atoms with E-state index in [0.717, 1.165) is 5.75 Å². The Morgan fingerprint density at radius 3 is 2.89 bits per heavy atom. The van der Waals surface area contributed by atoms with Crippen LogP contribution >= 0.6 is 24.4 Å². The molecule has 0 N–H and O–H groups in total. The molecule has 9 heavy (non-hydrogen) atoms. The van der Waals surface area contributed by atoms with E-state index in [1.54, 1.807) is 0 Å². The molecule has 1 saturated heterocycles. The quantitative estimate of drug-likeness (QED) is 0.609. The molecule has 1 aliphatic heterocycles. The van der Waals surface area contributed by atoms with Crippen molar-refractivity contribution in [2.24, 2.45) is 0 Å². The highest BCUT2D eigenvalue weighted by atomic mass is 32.2. The van der Waals surface area contributed by atoms with Gasteiger partial charge in [0.15, 0.2) is 0 Å². The van der Waals surface area contributed by atoms with Crippen LogP contribution in [-0.4, -0.2) is 16.3 Å². The molecule has 0 radical (unpaired) electrons. The summed E-state index contributed by atoms with van der Waals surface area (Å²) >= 11 is 6.36. The third-order valence-corrected chi connectivity index (χ3v) is 3.76. The van der Waals surface area contributed by atoms with Crippen molar-refractivity contribution in [1.82, 2.24) is 0 Å². The van der Waals surface area contributed by atoms with Crippen molar-refractivity contribution in [2.75, 3.05) is 11.5 Å². The highest BCUT2D eigenvalue weighted by Gasteiger charge is 2.27. The van der Waals surface area contributed by atoms with Gasteiger partial charge in [0.25, 0.3) is 0 Å². The largest absolute Gasteiger partial charge is 0.179 e. The maximum atomic E-state index is 4.24. The van der Waals surface area contributed by atoms with Crippen LogP contribution in [0, 0.1) is 0 Å². The Bertz CT molecular complexity index is 84.9. The number of hydrogen-bond donors (Lipinski definition) is 1. The Morgan fingerprint density at radius 2 is 2.44 bits per heavy atom. The third kappa shape index (κ3) is 2.08. The summed E-state index contributed by atoms with van der Waals surface area (Å²) in [6.45, 7) is 2.36. The van der Waals surface area contributed by atoms with Gasteiger partial charge in [-0.05, 0) is 30.8 Å². The minimum Gasteiger partial charge on any atom is -0.179 e. The standard InChI is InChI=1S/C7H14S2/c1-7(4-5-8)3-2-6-9-7/h8H,2-6H2,1H3. The minimum atomic E-state index is 0.585. The van der Waals surface area contributed by atoms with Crippen LogP contribution in [-0.2, 0) is 0 Å². The Hall–Kier alpha value is 0.700. The molecule has 0 spiro atoms. The predicted octanol–water partition coefficient (Wildman–Crippen LogP) is 2.59. The Morgan fingerprint density at radius 1 is 1.67 bits per heavy atom. The van der Waals surface area contributed by atoms with Gasteiger partial charge in [-0.2, -0.15) is 24.4 Å². The number of thioether (sulfide) groups is 1. The second kappa shape index (κ2) is 3.20. The van der Waals surface area contributed by atoms with Gasteiger partial charge in [0, 0.05) is 4.75 Å². The van der Waals surface area contributed by atoms with Gasteiger partial charge >= 0.3 is 0 Å². The highest BCUT2D eigenvalue weighted by molar-refractivity contribution is 8.00. The lowest BCUT2D eigenvalue weighted by molar-refractivity contribution is 0.594. The molecule has 0 aromatic rings. The molecule has 1 unspecified atom stereocenters. The molecule has 0 aromatic heterocycles. The molecule has 2 heteroatoms. The first-order chi connectivity index (χ1) is 4.27. The molecule has 0 amide bonds. The zero-order valence-corrected chi connectivity index (χ0v) is 7.60. The molecular formula is C7H14S2. The highest BCUT2D eigenvalue weighted by Crippen LogP contribution is 2.40. The van der Waals surface area contributed by atoms with Crippen LogP contribution in [0.2, 0.25) is 0 Å². The van der Waals surface area contributed by atoms with Gasteiger partial charge in [-0.1, -0.05) is 6.92 Å². The Labute approximate surface area is 67.2 Å². The van der Waals surface area contributed by atoms with Crippen molar-refractivity contribution in [3.8, 4) is 0 Å². The van der Waals surface area contributed by atoms with Crippen LogP contribution in [0.3, 0.4) is 0 Å². The first kappa shape index (κ1) is 7.80. The van der Waals surface area contributed by atoms with E-state index in [2.05, 4.69) is 31.3 Å². The summed E-state index contributed by atoms with van der Waals surface area (Å²) in [6.07, 6.45) is 4.09. The average Bonchev–Trinajstić information content (AvgIpc) is 2.16. The molecule has 1 fully saturated rings. The fraction of sp³-hybridized carbons (Fsp3) is 1.00. The average molecular weight is 162 g/mol. The lowest BCUT2D eigenvalue weighted by atomic mass is 10.0. The van der Waals surface area contributed by atoms with Gasteiger partial charge in [0.05, 0.1) is 0 Å². The van der Waals surface area contributed by atoms with Crippen LogP contribution < -0.4 is 0 Å². The van der Waals surface area contributed by atoms with E-state index in [4.69, 9.17) is 0 Å². The fourth-order valence-electron chi connectivity index (χ4n) is 1.27. The van der Waals surface area contributed by atoms with Crippen LogP contribution in [0.15, 0.2) is 0 Å². The molecule has 0 saturated carbocycles. The van der Waals surface area contributed by atoms with Crippen molar-refractivity contribution in [1.29, 1.82) is 0 Å². The van der Waals surface area contributed by atoms with E-state index in [0.29, 0.717) is 4.75 Å². The van der Waals surface area contributed by atoms with Gasteiger partial charge < -0.3 is 0 Å². The van der Waals surface area contributed by atoms with Gasteiger partial charge in [-0.15, -0.1) is 0 Å². The van der Waals surface area contributed by atoms with Crippen molar-refractivity contribution < 1.29 is 0 Å². The van der Waals surface area contributed by atoms with Crippen molar-refractivity contribution >= 4 is 24.4 Å². The number of rotatable bonds is 2. The second-order valence-corrected chi connectivity index (χ2v) is 5.01. The van der Waals surface area contributed by atoms with Gasteiger partial charge in [0.1, 0.15) is 0 Å². The summed E-state index contributed by atoms with van der Waals surface area (Å²) in [4.78, 5) is 0. The first-order valence-electron chi connectivity index (χ1n) is 3.52. The molecular weight excluding hydrogens is 148 g/mol. The number of thiol groups is 1. The molecule has 0 aromatic carbocycles. The van der Waals surface area contributed by atoms with Crippen molar-refractivity contribution in [2.45, 2.75) is 30.9 Å². The van der Waals surface area contributed by atoms with E-state index in [9.17, 15) is 0 Å². The summed E-state index contributed by atoms with van der Waals surface area (Å²) in [6, 6.07) is 0. The van der Waals surface area contributed by atoms with E-state index in [1.165, 1.54) is 25.0 Å². The predicted molar refractivity (Wildman–Crippen MR) is 48.6 cm³/mol. The van der Waals surface area contributed by atoms with Crippen LogP contribution in [0.1, 0.15) is 26.2 Å².